The van der Waals surface area contributed by atoms with Crippen LogP contribution in [0.25, 0.3) is 0 Å². The van der Waals surface area contributed by atoms with E-state index in [2.05, 4.69) is 16.0 Å². The predicted octanol–water partition coefficient (Wildman–Crippen LogP) is 2.64. The summed E-state index contributed by atoms with van der Waals surface area (Å²) in [5, 5.41) is 9.22. The molecule has 90 valence electrons. The van der Waals surface area contributed by atoms with Crippen molar-refractivity contribution in [2.24, 2.45) is 0 Å². The first-order valence-corrected chi connectivity index (χ1v) is 5.74. The van der Waals surface area contributed by atoms with Gasteiger partial charge in [0.05, 0.1) is 11.6 Å². The number of halogens is 1. The van der Waals surface area contributed by atoms with Crippen LogP contribution >= 0.6 is 11.6 Å². The highest BCUT2D eigenvalue weighted by Gasteiger charge is 2.06. The molecule has 0 radical (unpaired) electrons. The molecule has 0 atom stereocenters. The van der Waals surface area contributed by atoms with E-state index in [-0.39, 0.29) is 0 Å². The molecule has 0 saturated carbocycles. The summed E-state index contributed by atoms with van der Waals surface area (Å²) >= 11 is 5.88. The molecular formula is C13H11ClN4. The second-order valence-electron chi connectivity index (χ2n) is 3.86. The third kappa shape index (κ3) is 2.96. The molecule has 0 fully saturated rings. The number of rotatable bonds is 3. The molecule has 2 heterocycles. The fourth-order valence-corrected chi connectivity index (χ4v) is 1.79. The second kappa shape index (κ2) is 5.48. The van der Waals surface area contributed by atoms with E-state index in [0.29, 0.717) is 23.1 Å². The van der Waals surface area contributed by atoms with E-state index in [1.807, 2.05) is 24.1 Å². The van der Waals surface area contributed by atoms with Crippen molar-refractivity contribution in [3.05, 3.63) is 52.9 Å². The van der Waals surface area contributed by atoms with Crippen molar-refractivity contribution in [3.63, 3.8) is 0 Å². The quantitative estimate of drug-likeness (QED) is 0.794. The molecule has 0 bridgehead atoms. The molecule has 0 aliphatic rings. The van der Waals surface area contributed by atoms with Crippen LogP contribution < -0.4 is 4.90 Å². The SMILES string of the molecule is CN(Cc1ccncc1)c1cc(C#N)cc(Cl)n1. The fourth-order valence-electron chi connectivity index (χ4n) is 1.59. The Morgan fingerprint density at radius 3 is 2.72 bits per heavy atom. The number of pyridine rings is 2. The van der Waals surface area contributed by atoms with Gasteiger partial charge in [-0.2, -0.15) is 5.26 Å². The van der Waals surface area contributed by atoms with Crippen LogP contribution in [0.1, 0.15) is 11.1 Å². The van der Waals surface area contributed by atoms with E-state index < -0.39 is 0 Å². The average molecular weight is 259 g/mol. The van der Waals surface area contributed by atoms with Crippen LogP contribution in [0.2, 0.25) is 5.15 Å². The van der Waals surface area contributed by atoms with Gasteiger partial charge < -0.3 is 4.90 Å². The van der Waals surface area contributed by atoms with Gasteiger partial charge in [-0.3, -0.25) is 4.98 Å². The zero-order valence-electron chi connectivity index (χ0n) is 9.84. The van der Waals surface area contributed by atoms with Crippen LogP contribution in [0, 0.1) is 11.3 Å². The molecule has 2 aromatic heterocycles. The van der Waals surface area contributed by atoms with Crippen LogP contribution in [-0.4, -0.2) is 17.0 Å². The molecule has 0 amide bonds. The van der Waals surface area contributed by atoms with Gasteiger partial charge in [-0.25, -0.2) is 4.98 Å². The smallest absolute Gasteiger partial charge is 0.132 e. The Hall–Kier alpha value is -2.12. The molecule has 18 heavy (non-hydrogen) atoms. The summed E-state index contributed by atoms with van der Waals surface area (Å²) in [4.78, 5) is 10.1. The summed E-state index contributed by atoms with van der Waals surface area (Å²) in [6.07, 6.45) is 3.49. The molecular weight excluding hydrogens is 248 g/mol. The maximum atomic E-state index is 8.89. The number of hydrogen-bond acceptors (Lipinski definition) is 4. The van der Waals surface area contributed by atoms with Gasteiger partial charge in [0, 0.05) is 26.0 Å². The van der Waals surface area contributed by atoms with E-state index in [4.69, 9.17) is 16.9 Å². The lowest BCUT2D eigenvalue weighted by molar-refractivity contribution is 0.895. The van der Waals surface area contributed by atoms with Gasteiger partial charge in [0.2, 0.25) is 0 Å². The molecule has 0 aliphatic heterocycles. The van der Waals surface area contributed by atoms with Gasteiger partial charge >= 0.3 is 0 Å². The van der Waals surface area contributed by atoms with Crippen molar-refractivity contribution >= 4 is 17.4 Å². The Morgan fingerprint density at radius 1 is 1.33 bits per heavy atom. The van der Waals surface area contributed by atoms with Gasteiger partial charge in [-0.1, -0.05) is 11.6 Å². The summed E-state index contributed by atoms with van der Waals surface area (Å²) in [6, 6.07) is 9.20. The largest absolute Gasteiger partial charge is 0.355 e. The highest BCUT2D eigenvalue weighted by atomic mass is 35.5. The van der Waals surface area contributed by atoms with Gasteiger partial charge in [-0.15, -0.1) is 0 Å². The van der Waals surface area contributed by atoms with Gasteiger partial charge in [0.25, 0.3) is 0 Å². The Morgan fingerprint density at radius 2 is 2.06 bits per heavy atom. The molecule has 0 spiro atoms. The first-order valence-electron chi connectivity index (χ1n) is 5.37. The standard InChI is InChI=1S/C13H11ClN4/c1-18(9-10-2-4-16-5-3-10)13-7-11(8-15)6-12(14)17-13/h2-7H,9H2,1H3. The Bertz CT molecular complexity index is 577. The van der Waals surface area contributed by atoms with Crippen LogP contribution in [0.15, 0.2) is 36.7 Å². The third-order valence-corrected chi connectivity index (χ3v) is 2.66. The fraction of sp³-hybridized carbons (Fsp3) is 0.154. The van der Waals surface area contributed by atoms with E-state index >= 15 is 0 Å². The van der Waals surface area contributed by atoms with Crippen LogP contribution in [0.3, 0.4) is 0 Å². The Kier molecular flexibility index (Phi) is 3.75. The van der Waals surface area contributed by atoms with Crippen molar-refractivity contribution in [3.8, 4) is 6.07 Å². The summed E-state index contributed by atoms with van der Waals surface area (Å²) in [5.74, 6) is 0.677. The van der Waals surface area contributed by atoms with E-state index in [9.17, 15) is 0 Å². The lowest BCUT2D eigenvalue weighted by Crippen LogP contribution is -2.17. The zero-order valence-corrected chi connectivity index (χ0v) is 10.6. The topological polar surface area (TPSA) is 52.8 Å². The lowest BCUT2D eigenvalue weighted by Gasteiger charge is -2.18. The number of nitrogens with zero attached hydrogens (tertiary/aromatic N) is 4. The molecule has 4 nitrogen and oxygen atoms in total. The summed E-state index contributed by atoms with van der Waals surface area (Å²) < 4.78 is 0. The minimum Gasteiger partial charge on any atom is -0.355 e. The summed E-state index contributed by atoms with van der Waals surface area (Å²) in [5.41, 5.74) is 1.62. The first-order chi connectivity index (χ1) is 8.69. The summed E-state index contributed by atoms with van der Waals surface area (Å²) in [7, 11) is 1.90. The van der Waals surface area contributed by atoms with Crippen LogP contribution in [-0.2, 0) is 6.54 Å². The normalized spacial score (nSPS) is 9.83. The molecule has 5 heteroatoms. The zero-order chi connectivity index (χ0) is 13.0. The molecule has 2 rings (SSSR count). The maximum Gasteiger partial charge on any atom is 0.132 e. The van der Waals surface area contributed by atoms with E-state index in [1.54, 1.807) is 24.5 Å². The van der Waals surface area contributed by atoms with Crippen molar-refractivity contribution in [2.75, 3.05) is 11.9 Å². The minimum atomic E-state index is 0.325. The number of nitriles is 1. The van der Waals surface area contributed by atoms with Crippen LogP contribution in [0.4, 0.5) is 5.82 Å². The lowest BCUT2D eigenvalue weighted by atomic mass is 10.2. The predicted molar refractivity (Wildman–Crippen MR) is 70.3 cm³/mol. The highest BCUT2D eigenvalue weighted by molar-refractivity contribution is 6.29. The maximum absolute atomic E-state index is 8.89. The monoisotopic (exact) mass is 258 g/mol. The highest BCUT2D eigenvalue weighted by Crippen LogP contribution is 2.18. The van der Waals surface area contributed by atoms with E-state index in [1.165, 1.54) is 0 Å². The van der Waals surface area contributed by atoms with Crippen molar-refractivity contribution in [2.45, 2.75) is 6.54 Å². The van der Waals surface area contributed by atoms with Gasteiger partial charge in [0.1, 0.15) is 11.0 Å². The van der Waals surface area contributed by atoms with Gasteiger partial charge in [0.15, 0.2) is 0 Å². The molecule has 0 aromatic carbocycles. The van der Waals surface area contributed by atoms with Gasteiger partial charge in [-0.05, 0) is 29.8 Å². The van der Waals surface area contributed by atoms with E-state index in [0.717, 1.165) is 5.56 Å². The number of anilines is 1. The van der Waals surface area contributed by atoms with Crippen molar-refractivity contribution < 1.29 is 0 Å². The molecule has 0 N–H and O–H groups in total. The van der Waals surface area contributed by atoms with Crippen molar-refractivity contribution in [1.82, 2.24) is 9.97 Å². The molecule has 0 unspecified atom stereocenters. The number of aromatic nitrogens is 2. The molecule has 2 aromatic rings. The Balaban J connectivity index is 2.21. The first kappa shape index (κ1) is 12.3. The number of hydrogen-bond donors (Lipinski definition) is 0. The average Bonchev–Trinajstić information content (AvgIpc) is 2.39. The Labute approximate surface area is 110 Å². The van der Waals surface area contributed by atoms with Crippen molar-refractivity contribution in [1.29, 1.82) is 5.26 Å². The van der Waals surface area contributed by atoms with Crippen LogP contribution in [0.5, 0.6) is 0 Å². The molecule has 0 saturated heterocycles. The third-order valence-electron chi connectivity index (χ3n) is 2.47. The molecule has 0 aliphatic carbocycles. The second-order valence-corrected chi connectivity index (χ2v) is 4.25. The minimum absolute atomic E-state index is 0.325. The summed E-state index contributed by atoms with van der Waals surface area (Å²) in [6.45, 7) is 0.681.